The number of hydrogen-bond acceptors (Lipinski definition) is 2. The average molecular weight is 253 g/mol. The summed E-state index contributed by atoms with van der Waals surface area (Å²) in [5, 5.41) is 2.91. The Bertz CT molecular complexity index is 261. The van der Waals surface area contributed by atoms with Gasteiger partial charge in [-0.15, -0.1) is 0 Å². The van der Waals surface area contributed by atoms with Crippen molar-refractivity contribution in [1.82, 2.24) is 5.32 Å². The van der Waals surface area contributed by atoms with Crippen LogP contribution in [0.25, 0.3) is 0 Å². The fourth-order valence-corrected chi connectivity index (χ4v) is 3.40. The van der Waals surface area contributed by atoms with Crippen LogP contribution >= 0.6 is 0 Å². The fraction of sp³-hybridized carbons (Fsp3) is 0.933. The van der Waals surface area contributed by atoms with Crippen LogP contribution in [0.2, 0.25) is 0 Å². The zero-order chi connectivity index (χ0) is 12.8. The lowest BCUT2D eigenvalue weighted by atomic mass is 9.81. The Morgan fingerprint density at radius 3 is 2.67 bits per heavy atom. The van der Waals surface area contributed by atoms with Gasteiger partial charge in [-0.2, -0.15) is 0 Å². The highest BCUT2D eigenvalue weighted by molar-refractivity contribution is 5.67. The van der Waals surface area contributed by atoms with Crippen LogP contribution in [-0.2, 0) is 4.74 Å². The maximum Gasteiger partial charge on any atom is 0.407 e. The second-order valence-electron chi connectivity index (χ2n) is 6.17. The van der Waals surface area contributed by atoms with Crippen LogP contribution in [0.5, 0.6) is 0 Å². The molecule has 2 unspecified atom stereocenters. The van der Waals surface area contributed by atoms with Crippen LogP contribution in [0, 0.1) is 11.8 Å². The van der Waals surface area contributed by atoms with Gasteiger partial charge < -0.3 is 10.1 Å². The minimum atomic E-state index is -0.203. The summed E-state index contributed by atoms with van der Waals surface area (Å²) in [5.41, 5.74) is 0. The lowest BCUT2D eigenvalue weighted by molar-refractivity contribution is 0.100. The van der Waals surface area contributed by atoms with E-state index in [0.717, 1.165) is 37.6 Å². The van der Waals surface area contributed by atoms with Gasteiger partial charge in [0.1, 0.15) is 6.10 Å². The summed E-state index contributed by atoms with van der Waals surface area (Å²) in [6.45, 7) is 3.12. The number of carbonyl (C=O) groups is 1. The molecule has 2 fully saturated rings. The molecule has 0 bridgehead atoms. The lowest BCUT2D eigenvalue weighted by Gasteiger charge is -2.26. The SMILES string of the molecule is CC1CCCC(CCNC(=O)OC2CCCC2)C1. The van der Waals surface area contributed by atoms with Gasteiger partial charge in [0.05, 0.1) is 0 Å². The zero-order valence-electron chi connectivity index (χ0n) is 11.6. The first-order chi connectivity index (χ1) is 8.74. The van der Waals surface area contributed by atoms with Crippen molar-refractivity contribution in [2.24, 2.45) is 11.8 Å². The van der Waals surface area contributed by atoms with Crippen molar-refractivity contribution in [3.05, 3.63) is 0 Å². The number of carbonyl (C=O) groups excluding carboxylic acids is 1. The first kappa shape index (κ1) is 13.7. The number of alkyl carbamates (subject to hydrolysis) is 1. The number of ether oxygens (including phenoxy) is 1. The van der Waals surface area contributed by atoms with Crippen molar-refractivity contribution < 1.29 is 9.53 Å². The van der Waals surface area contributed by atoms with Crippen LogP contribution in [-0.4, -0.2) is 18.7 Å². The predicted molar refractivity (Wildman–Crippen MR) is 72.5 cm³/mol. The summed E-state index contributed by atoms with van der Waals surface area (Å²) in [6.07, 6.45) is 11.0. The molecule has 0 radical (unpaired) electrons. The first-order valence-corrected chi connectivity index (χ1v) is 7.68. The molecule has 1 N–H and O–H groups in total. The molecular weight excluding hydrogens is 226 g/mol. The van der Waals surface area contributed by atoms with Gasteiger partial charge in [-0.3, -0.25) is 0 Å². The van der Waals surface area contributed by atoms with Gasteiger partial charge in [0.25, 0.3) is 0 Å². The molecular formula is C15H27NO2. The van der Waals surface area contributed by atoms with E-state index in [9.17, 15) is 4.79 Å². The number of amides is 1. The highest BCUT2D eigenvalue weighted by Crippen LogP contribution is 2.30. The Balaban J connectivity index is 1.55. The Morgan fingerprint density at radius 2 is 1.94 bits per heavy atom. The summed E-state index contributed by atoms with van der Waals surface area (Å²) >= 11 is 0. The smallest absolute Gasteiger partial charge is 0.407 e. The molecule has 3 heteroatoms. The molecule has 1 amide bonds. The summed E-state index contributed by atoms with van der Waals surface area (Å²) in [6, 6.07) is 0. The van der Waals surface area contributed by atoms with Gasteiger partial charge in [0.2, 0.25) is 0 Å². The topological polar surface area (TPSA) is 38.3 Å². The molecule has 18 heavy (non-hydrogen) atoms. The van der Waals surface area contributed by atoms with E-state index in [0.29, 0.717) is 0 Å². The molecule has 3 nitrogen and oxygen atoms in total. The molecule has 0 aromatic carbocycles. The van der Waals surface area contributed by atoms with E-state index in [1.54, 1.807) is 0 Å². The Labute approximate surface area is 111 Å². The van der Waals surface area contributed by atoms with Crippen molar-refractivity contribution in [2.45, 2.75) is 70.8 Å². The zero-order valence-corrected chi connectivity index (χ0v) is 11.6. The molecule has 2 rings (SSSR count). The predicted octanol–water partition coefficient (Wildman–Crippen LogP) is 3.87. The summed E-state index contributed by atoms with van der Waals surface area (Å²) in [7, 11) is 0. The molecule has 0 heterocycles. The van der Waals surface area contributed by atoms with Crippen LogP contribution in [0.4, 0.5) is 4.79 Å². The van der Waals surface area contributed by atoms with E-state index < -0.39 is 0 Å². The fourth-order valence-electron chi connectivity index (χ4n) is 3.40. The summed E-state index contributed by atoms with van der Waals surface area (Å²) in [5.74, 6) is 1.68. The van der Waals surface area contributed by atoms with E-state index in [4.69, 9.17) is 4.74 Å². The van der Waals surface area contributed by atoms with Crippen LogP contribution in [0.15, 0.2) is 0 Å². The van der Waals surface area contributed by atoms with Crippen molar-refractivity contribution in [1.29, 1.82) is 0 Å². The van der Waals surface area contributed by atoms with Gasteiger partial charge in [0.15, 0.2) is 0 Å². The van der Waals surface area contributed by atoms with Crippen LogP contribution < -0.4 is 5.32 Å². The molecule has 104 valence electrons. The summed E-state index contributed by atoms with van der Waals surface area (Å²) < 4.78 is 5.37. The van der Waals surface area contributed by atoms with Crippen molar-refractivity contribution in [2.75, 3.05) is 6.54 Å². The Morgan fingerprint density at radius 1 is 1.17 bits per heavy atom. The minimum Gasteiger partial charge on any atom is -0.446 e. The third kappa shape index (κ3) is 4.51. The third-order valence-electron chi connectivity index (χ3n) is 4.44. The van der Waals surface area contributed by atoms with Crippen molar-refractivity contribution in [3.63, 3.8) is 0 Å². The maximum atomic E-state index is 11.6. The minimum absolute atomic E-state index is 0.180. The molecule has 0 saturated heterocycles. The molecule has 2 saturated carbocycles. The van der Waals surface area contributed by atoms with Crippen molar-refractivity contribution >= 4 is 6.09 Å². The van der Waals surface area contributed by atoms with E-state index >= 15 is 0 Å². The highest BCUT2D eigenvalue weighted by Gasteiger charge is 2.20. The Kier molecular flexibility index (Phi) is 5.33. The van der Waals surface area contributed by atoms with Gasteiger partial charge in [-0.1, -0.05) is 26.2 Å². The highest BCUT2D eigenvalue weighted by atomic mass is 16.6. The molecule has 2 aliphatic rings. The van der Waals surface area contributed by atoms with E-state index in [2.05, 4.69) is 12.2 Å². The molecule has 0 aromatic heterocycles. The normalized spacial score (nSPS) is 29.2. The molecule has 0 aromatic rings. The third-order valence-corrected chi connectivity index (χ3v) is 4.44. The van der Waals surface area contributed by atoms with Gasteiger partial charge in [-0.25, -0.2) is 4.79 Å². The lowest BCUT2D eigenvalue weighted by Crippen LogP contribution is -2.30. The maximum absolute atomic E-state index is 11.6. The van der Waals surface area contributed by atoms with Gasteiger partial charge in [-0.05, 0) is 50.4 Å². The van der Waals surface area contributed by atoms with Gasteiger partial charge in [0, 0.05) is 6.54 Å². The molecule has 2 aliphatic carbocycles. The van der Waals surface area contributed by atoms with Crippen molar-refractivity contribution in [3.8, 4) is 0 Å². The summed E-state index contributed by atoms with van der Waals surface area (Å²) in [4.78, 5) is 11.6. The largest absolute Gasteiger partial charge is 0.446 e. The molecule has 2 atom stereocenters. The number of rotatable bonds is 4. The van der Waals surface area contributed by atoms with Gasteiger partial charge >= 0.3 is 6.09 Å². The quantitative estimate of drug-likeness (QED) is 0.826. The monoisotopic (exact) mass is 253 g/mol. The van der Waals surface area contributed by atoms with E-state index in [-0.39, 0.29) is 12.2 Å². The number of hydrogen-bond donors (Lipinski definition) is 1. The second-order valence-corrected chi connectivity index (χ2v) is 6.17. The first-order valence-electron chi connectivity index (χ1n) is 7.68. The van der Waals surface area contributed by atoms with Crippen LogP contribution in [0.3, 0.4) is 0 Å². The van der Waals surface area contributed by atoms with E-state index in [1.807, 2.05) is 0 Å². The standard InChI is InChI=1S/C15H27NO2/c1-12-5-4-6-13(11-12)9-10-16-15(17)18-14-7-2-3-8-14/h12-14H,2-11H2,1H3,(H,16,17). The second kappa shape index (κ2) is 7.01. The molecule has 0 spiro atoms. The van der Waals surface area contributed by atoms with E-state index in [1.165, 1.54) is 38.5 Å². The average Bonchev–Trinajstić information content (AvgIpc) is 2.82. The number of nitrogens with one attached hydrogen (secondary N) is 1. The molecule has 0 aliphatic heterocycles. The van der Waals surface area contributed by atoms with Crippen LogP contribution in [0.1, 0.15) is 64.7 Å². The Hall–Kier alpha value is -0.730.